The van der Waals surface area contributed by atoms with Crippen molar-refractivity contribution in [2.45, 2.75) is 19.1 Å². The molecule has 130 valence electrons. The van der Waals surface area contributed by atoms with Gasteiger partial charge in [-0.05, 0) is 35.4 Å². The van der Waals surface area contributed by atoms with Crippen molar-refractivity contribution in [2.75, 3.05) is 0 Å². The summed E-state index contributed by atoms with van der Waals surface area (Å²) in [6, 6.07) is 25.6. The summed E-state index contributed by atoms with van der Waals surface area (Å²) in [6.07, 6.45) is 0.738. The molecule has 1 atom stereocenters. The standard InChI is InChI=1S/C22H20N2O2/c25-22-9-5-4-8-19(22)21-14-20(23-24-21)17-10-12-18(13-11-17)26-15-16-6-2-1-3-7-16/h1-13,20,23,25H,14-15H2. The van der Waals surface area contributed by atoms with E-state index in [-0.39, 0.29) is 11.8 Å². The molecular weight excluding hydrogens is 324 g/mol. The van der Waals surface area contributed by atoms with Crippen molar-refractivity contribution >= 4 is 5.71 Å². The summed E-state index contributed by atoms with van der Waals surface area (Å²) in [6.45, 7) is 0.558. The van der Waals surface area contributed by atoms with Gasteiger partial charge in [-0.25, -0.2) is 0 Å². The summed E-state index contributed by atoms with van der Waals surface area (Å²) in [7, 11) is 0. The van der Waals surface area contributed by atoms with Gasteiger partial charge < -0.3 is 15.3 Å². The Hall–Kier alpha value is -3.27. The van der Waals surface area contributed by atoms with Gasteiger partial charge in [-0.2, -0.15) is 5.10 Å². The van der Waals surface area contributed by atoms with Crippen LogP contribution in [0.5, 0.6) is 11.5 Å². The predicted molar refractivity (Wildman–Crippen MR) is 102 cm³/mol. The number of phenolic OH excluding ortho intramolecular Hbond substituents is 1. The first-order valence-electron chi connectivity index (χ1n) is 8.67. The van der Waals surface area contributed by atoms with Crippen molar-refractivity contribution in [3.8, 4) is 11.5 Å². The summed E-state index contributed by atoms with van der Waals surface area (Å²) in [5.74, 6) is 1.11. The molecule has 0 bridgehead atoms. The van der Waals surface area contributed by atoms with Crippen LogP contribution in [0, 0.1) is 0 Å². The second-order valence-electron chi connectivity index (χ2n) is 6.30. The Morgan fingerprint density at radius 3 is 2.42 bits per heavy atom. The van der Waals surface area contributed by atoms with E-state index in [4.69, 9.17) is 4.74 Å². The lowest BCUT2D eigenvalue weighted by molar-refractivity contribution is 0.306. The van der Waals surface area contributed by atoms with Crippen molar-refractivity contribution in [2.24, 2.45) is 5.10 Å². The van der Waals surface area contributed by atoms with Crippen LogP contribution in [-0.4, -0.2) is 10.8 Å². The third-order valence-corrected chi connectivity index (χ3v) is 4.50. The Labute approximate surface area is 152 Å². The molecule has 1 heterocycles. The molecule has 1 unspecified atom stereocenters. The molecule has 0 spiro atoms. The fourth-order valence-electron chi connectivity index (χ4n) is 3.06. The van der Waals surface area contributed by atoms with Crippen LogP contribution in [0.1, 0.15) is 29.2 Å². The van der Waals surface area contributed by atoms with Gasteiger partial charge in [0, 0.05) is 12.0 Å². The van der Waals surface area contributed by atoms with Crippen LogP contribution < -0.4 is 10.2 Å². The van der Waals surface area contributed by atoms with E-state index in [1.54, 1.807) is 6.07 Å². The summed E-state index contributed by atoms with van der Waals surface area (Å²) in [5.41, 5.74) is 7.11. The maximum absolute atomic E-state index is 9.99. The van der Waals surface area contributed by atoms with Crippen LogP contribution in [0.3, 0.4) is 0 Å². The minimum Gasteiger partial charge on any atom is -0.507 e. The third kappa shape index (κ3) is 3.54. The number of nitrogens with one attached hydrogen (secondary N) is 1. The number of ether oxygens (including phenoxy) is 1. The van der Waals surface area contributed by atoms with Gasteiger partial charge in [0.1, 0.15) is 18.1 Å². The van der Waals surface area contributed by atoms with Gasteiger partial charge in [-0.3, -0.25) is 0 Å². The van der Waals surface area contributed by atoms with Gasteiger partial charge >= 0.3 is 0 Å². The maximum Gasteiger partial charge on any atom is 0.124 e. The molecule has 0 aromatic heterocycles. The smallest absolute Gasteiger partial charge is 0.124 e. The van der Waals surface area contributed by atoms with Gasteiger partial charge in [0.15, 0.2) is 0 Å². The Morgan fingerprint density at radius 2 is 1.65 bits per heavy atom. The highest BCUT2D eigenvalue weighted by Gasteiger charge is 2.22. The van der Waals surface area contributed by atoms with Crippen molar-refractivity contribution in [3.05, 3.63) is 95.6 Å². The number of aromatic hydroxyl groups is 1. The van der Waals surface area contributed by atoms with Crippen molar-refractivity contribution < 1.29 is 9.84 Å². The van der Waals surface area contributed by atoms with Crippen LogP contribution in [0.25, 0.3) is 0 Å². The number of hydrogen-bond acceptors (Lipinski definition) is 4. The maximum atomic E-state index is 9.99. The van der Waals surface area contributed by atoms with Crippen LogP contribution in [0.15, 0.2) is 84.0 Å². The quantitative estimate of drug-likeness (QED) is 0.721. The zero-order valence-corrected chi connectivity index (χ0v) is 14.3. The molecule has 1 aliphatic heterocycles. The molecule has 0 fully saturated rings. The van der Waals surface area contributed by atoms with E-state index in [1.807, 2.05) is 48.5 Å². The third-order valence-electron chi connectivity index (χ3n) is 4.50. The first-order valence-corrected chi connectivity index (χ1v) is 8.67. The number of hydrazone groups is 1. The number of benzene rings is 3. The molecular formula is C22H20N2O2. The molecule has 2 N–H and O–H groups in total. The largest absolute Gasteiger partial charge is 0.507 e. The second kappa shape index (κ2) is 7.31. The minimum atomic E-state index is 0.104. The summed E-state index contributed by atoms with van der Waals surface area (Å²) < 4.78 is 5.83. The van der Waals surface area contributed by atoms with Crippen LogP contribution >= 0.6 is 0 Å². The SMILES string of the molecule is Oc1ccccc1C1=NNC(c2ccc(OCc3ccccc3)cc2)C1. The van der Waals surface area contributed by atoms with Crippen molar-refractivity contribution in [3.63, 3.8) is 0 Å². The first-order chi connectivity index (χ1) is 12.8. The lowest BCUT2D eigenvalue weighted by Gasteiger charge is -2.12. The molecule has 0 aliphatic carbocycles. The van der Waals surface area contributed by atoms with Crippen LogP contribution in [-0.2, 0) is 6.61 Å². The van der Waals surface area contributed by atoms with E-state index in [2.05, 4.69) is 34.8 Å². The van der Waals surface area contributed by atoms with E-state index >= 15 is 0 Å². The second-order valence-corrected chi connectivity index (χ2v) is 6.30. The molecule has 4 heteroatoms. The number of para-hydroxylation sites is 1. The highest BCUT2D eigenvalue weighted by atomic mass is 16.5. The Kier molecular flexibility index (Phi) is 4.56. The average molecular weight is 344 g/mol. The number of phenols is 1. The number of rotatable bonds is 5. The molecule has 3 aromatic carbocycles. The zero-order valence-electron chi connectivity index (χ0n) is 14.3. The fraction of sp³-hybridized carbons (Fsp3) is 0.136. The lowest BCUT2D eigenvalue weighted by atomic mass is 9.98. The topological polar surface area (TPSA) is 53.9 Å². The van der Waals surface area contributed by atoms with Crippen LogP contribution in [0.4, 0.5) is 0 Å². The monoisotopic (exact) mass is 344 g/mol. The molecule has 4 rings (SSSR count). The Bertz CT molecular complexity index is 905. The number of nitrogens with zero attached hydrogens (tertiary/aromatic N) is 1. The summed E-state index contributed by atoms with van der Waals surface area (Å²) in [4.78, 5) is 0. The predicted octanol–water partition coefficient (Wildman–Crippen LogP) is 4.41. The summed E-state index contributed by atoms with van der Waals surface area (Å²) >= 11 is 0. The van der Waals surface area contributed by atoms with Crippen molar-refractivity contribution in [1.82, 2.24) is 5.43 Å². The molecule has 0 amide bonds. The van der Waals surface area contributed by atoms with Crippen molar-refractivity contribution in [1.29, 1.82) is 0 Å². The molecule has 26 heavy (non-hydrogen) atoms. The summed E-state index contributed by atoms with van der Waals surface area (Å²) in [5, 5.41) is 14.4. The van der Waals surface area contributed by atoms with Gasteiger partial charge in [-0.1, -0.05) is 54.6 Å². The van der Waals surface area contributed by atoms with E-state index in [9.17, 15) is 5.11 Å². The molecule has 0 radical (unpaired) electrons. The van der Waals surface area contributed by atoms with E-state index < -0.39 is 0 Å². The van der Waals surface area contributed by atoms with Gasteiger partial charge in [0.2, 0.25) is 0 Å². The Balaban J connectivity index is 1.38. The lowest BCUT2D eigenvalue weighted by Crippen LogP contribution is -2.09. The highest BCUT2D eigenvalue weighted by molar-refractivity contribution is 6.03. The molecule has 0 saturated carbocycles. The molecule has 3 aromatic rings. The van der Waals surface area contributed by atoms with Gasteiger partial charge in [0.25, 0.3) is 0 Å². The van der Waals surface area contributed by atoms with Gasteiger partial charge in [-0.15, -0.1) is 0 Å². The fourth-order valence-corrected chi connectivity index (χ4v) is 3.06. The zero-order chi connectivity index (χ0) is 17.8. The number of hydrogen-bond donors (Lipinski definition) is 2. The Morgan fingerprint density at radius 1 is 0.923 bits per heavy atom. The van der Waals surface area contributed by atoms with E-state index in [0.717, 1.165) is 34.6 Å². The molecule has 1 aliphatic rings. The average Bonchev–Trinajstić information content (AvgIpc) is 3.18. The highest BCUT2D eigenvalue weighted by Crippen LogP contribution is 2.28. The first kappa shape index (κ1) is 16.2. The molecule has 0 saturated heterocycles. The normalized spacial score (nSPS) is 16.0. The molecule has 4 nitrogen and oxygen atoms in total. The van der Waals surface area contributed by atoms with E-state index in [0.29, 0.717) is 6.61 Å². The van der Waals surface area contributed by atoms with Crippen LogP contribution in [0.2, 0.25) is 0 Å². The van der Waals surface area contributed by atoms with E-state index in [1.165, 1.54) is 0 Å². The van der Waals surface area contributed by atoms with Gasteiger partial charge in [0.05, 0.1) is 11.8 Å². The minimum absolute atomic E-state index is 0.104.